The normalized spacial score (nSPS) is 17.9. The fourth-order valence-electron chi connectivity index (χ4n) is 2.13. The van der Waals surface area contributed by atoms with Crippen molar-refractivity contribution in [1.29, 1.82) is 0 Å². The van der Waals surface area contributed by atoms with E-state index in [0.29, 0.717) is 19.6 Å². The molecule has 102 valence electrons. The zero-order chi connectivity index (χ0) is 13.2. The summed E-state index contributed by atoms with van der Waals surface area (Å²) in [6.07, 6.45) is 4.25. The summed E-state index contributed by atoms with van der Waals surface area (Å²) in [6.45, 7) is 5.79. The monoisotopic (exact) mass is 252 g/mol. The molecule has 1 heterocycles. The van der Waals surface area contributed by atoms with Crippen molar-refractivity contribution in [3.05, 3.63) is 0 Å². The number of ether oxygens (including phenoxy) is 1. The molecule has 18 heavy (non-hydrogen) atoms. The van der Waals surface area contributed by atoms with Crippen LogP contribution in [0.5, 0.6) is 0 Å². The Morgan fingerprint density at radius 1 is 1.39 bits per heavy atom. The van der Waals surface area contributed by atoms with Crippen LogP contribution in [0.3, 0.4) is 0 Å². The topological polar surface area (TPSA) is 55.6 Å². The Kier molecular flexibility index (Phi) is 7.66. The molecule has 1 unspecified atom stereocenters. The maximum atomic E-state index is 11.1. The molecule has 0 aromatic heterocycles. The number of carbonyl (C=O) groups is 1. The van der Waals surface area contributed by atoms with Crippen LogP contribution in [0.2, 0.25) is 0 Å². The highest BCUT2D eigenvalue weighted by atomic mass is 16.5. The molecule has 1 aliphatic heterocycles. The second-order valence-corrected chi connectivity index (χ2v) is 4.74. The molecule has 1 saturated heterocycles. The van der Waals surface area contributed by atoms with Crippen LogP contribution < -0.4 is 5.73 Å². The van der Waals surface area contributed by atoms with Crippen molar-refractivity contribution in [3.63, 3.8) is 0 Å². The fraction of sp³-hybridized carbons (Fsp3) is 0.786. The average Bonchev–Trinajstić information content (AvgIpc) is 2.36. The summed E-state index contributed by atoms with van der Waals surface area (Å²) < 4.78 is 5.41. The van der Waals surface area contributed by atoms with Gasteiger partial charge in [0.25, 0.3) is 0 Å². The predicted octanol–water partition coefficient (Wildman–Crippen LogP) is 0.799. The Morgan fingerprint density at radius 2 is 2.11 bits per heavy atom. The number of likely N-dealkylation sites (tertiary alicyclic amines) is 1. The van der Waals surface area contributed by atoms with Crippen LogP contribution in [-0.2, 0) is 9.53 Å². The highest BCUT2D eigenvalue weighted by Gasteiger charge is 2.13. The van der Waals surface area contributed by atoms with Gasteiger partial charge in [-0.15, -0.1) is 0 Å². The maximum absolute atomic E-state index is 11.1. The Bertz CT molecular complexity index is 301. The van der Waals surface area contributed by atoms with Gasteiger partial charge in [-0.25, -0.2) is 0 Å². The van der Waals surface area contributed by atoms with Gasteiger partial charge in [0.05, 0.1) is 13.2 Å². The van der Waals surface area contributed by atoms with Crippen molar-refractivity contribution in [2.45, 2.75) is 38.6 Å². The van der Waals surface area contributed by atoms with Crippen LogP contribution in [-0.4, -0.2) is 49.6 Å². The van der Waals surface area contributed by atoms with Gasteiger partial charge in [-0.1, -0.05) is 12.3 Å². The highest BCUT2D eigenvalue weighted by molar-refractivity contribution is 5.95. The minimum atomic E-state index is -0.0675. The Balaban J connectivity index is 2.03. The molecule has 0 radical (unpaired) electrons. The summed E-state index contributed by atoms with van der Waals surface area (Å²) in [5, 5.41) is 0. The van der Waals surface area contributed by atoms with Gasteiger partial charge in [-0.05, 0) is 38.8 Å². The van der Waals surface area contributed by atoms with Crippen molar-refractivity contribution in [2.24, 2.45) is 5.73 Å². The van der Waals surface area contributed by atoms with E-state index in [0.717, 1.165) is 19.6 Å². The quantitative estimate of drug-likeness (QED) is 0.414. The highest BCUT2D eigenvalue weighted by Crippen LogP contribution is 2.08. The van der Waals surface area contributed by atoms with E-state index < -0.39 is 0 Å². The van der Waals surface area contributed by atoms with Gasteiger partial charge < -0.3 is 15.4 Å². The van der Waals surface area contributed by atoms with E-state index in [1.54, 1.807) is 6.92 Å². The Morgan fingerprint density at radius 3 is 2.78 bits per heavy atom. The number of nitrogens with two attached hydrogens (primary N) is 1. The second-order valence-electron chi connectivity index (χ2n) is 4.74. The van der Waals surface area contributed by atoms with Gasteiger partial charge in [0.2, 0.25) is 5.78 Å². The van der Waals surface area contributed by atoms with E-state index in [1.807, 2.05) is 0 Å². The number of hydrogen-bond acceptors (Lipinski definition) is 4. The first kappa shape index (κ1) is 15.2. The van der Waals surface area contributed by atoms with Crippen LogP contribution in [0.1, 0.15) is 32.6 Å². The number of hydrogen-bond donors (Lipinski definition) is 1. The zero-order valence-corrected chi connectivity index (χ0v) is 11.3. The number of carbonyl (C=O) groups excluding carboxylic acids is 1. The van der Waals surface area contributed by atoms with Gasteiger partial charge in [-0.2, -0.15) is 0 Å². The van der Waals surface area contributed by atoms with Crippen LogP contribution in [0, 0.1) is 11.8 Å². The average molecular weight is 252 g/mol. The maximum Gasteiger partial charge on any atom is 0.207 e. The molecule has 0 saturated carbocycles. The lowest BCUT2D eigenvalue weighted by Crippen LogP contribution is -2.42. The zero-order valence-electron chi connectivity index (χ0n) is 11.3. The molecule has 0 aromatic rings. The minimum Gasteiger partial charge on any atom is -0.379 e. The largest absolute Gasteiger partial charge is 0.379 e. The summed E-state index contributed by atoms with van der Waals surface area (Å²) in [5.41, 5.74) is 6.00. The summed E-state index contributed by atoms with van der Waals surface area (Å²) in [5.74, 6) is 5.01. The number of nitrogens with zero attached hydrogens (tertiary/aromatic N) is 1. The predicted molar refractivity (Wildman–Crippen MR) is 72.2 cm³/mol. The fourth-order valence-corrected chi connectivity index (χ4v) is 2.13. The van der Waals surface area contributed by atoms with E-state index in [4.69, 9.17) is 10.5 Å². The van der Waals surface area contributed by atoms with Crippen molar-refractivity contribution in [1.82, 2.24) is 4.90 Å². The van der Waals surface area contributed by atoms with Gasteiger partial charge in [0.15, 0.2) is 0 Å². The molecule has 2 N–H and O–H groups in total. The van der Waals surface area contributed by atoms with Gasteiger partial charge in [-0.3, -0.25) is 4.79 Å². The Labute approximate surface area is 110 Å². The molecule has 4 nitrogen and oxygen atoms in total. The summed E-state index contributed by atoms with van der Waals surface area (Å²) in [6, 6.07) is 0.0375. The number of rotatable bonds is 7. The lowest BCUT2D eigenvalue weighted by atomic mass is 10.1. The van der Waals surface area contributed by atoms with Crippen LogP contribution in [0.4, 0.5) is 0 Å². The first-order chi connectivity index (χ1) is 8.72. The molecule has 1 aliphatic rings. The number of Topliss-reactive ketones (excluding diaryl/α,β-unsaturated/α-hetero) is 1. The van der Waals surface area contributed by atoms with Gasteiger partial charge in [0, 0.05) is 19.0 Å². The van der Waals surface area contributed by atoms with E-state index in [9.17, 15) is 4.79 Å². The smallest absolute Gasteiger partial charge is 0.207 e. The molecule has 1 rings (SSSR count). The van der Waals surface area contributed by atoms with E-state index >= 15 is 0 Å². The second kappa shape index (κ2) is 9.09. The number of ketones is 1. The lowest BCUT2D eigenvalue weighted by Gasteiger charge is -2.28. The third-order valence-electron chi connectivity index (χ3n) is 3.01. The molecule has 0 bridgehead atoms. The molecular formula is C14H24N2O2. The van der Waals surface area contributed by atoms with Crippen molar-refractivity contribution in [2.75, 3.05) is 32.8 Å². The van der Waals surface area contributed by atoms with E-state index in [-0.39, 0.29) is 11.8 Å². The molecule has 0 aliphatic carbocycles. The molecule has 0 aromatic carbocycles. The first-order valence-corrected chi connectivity index (χ1v) is 6.73. The summed E-state index contributed by atoms with van der Waals surface area (Å²) in [7, 11) is 0. The number of piperidine rings is 1. The lowest BCUT2D eigenvalue weighted by molar-refractivity contribution is -0.114. The molecule has 1 fully saturated rings. The molecule has 0 amide bonds. The van der Waals surface area contributed by atoms with E-state index in [1.165, 1.54) is 19.3 Å². The van der Waals surface area contributed by atoms with Crippen LogP contribution >= 0.6 is 0 Å². The van der Waals surface area contributed by atoms with Crippen molar-refractivity contribution in [3.8, 4) is 11.8 Å². The molecule has 1 atom stereocenters. The first-order valence-electron chi connectivity index (χ1n) is 6.73. The van der Waals surface area contributed by atoms with Gasteiger partial charge in [0.1, 0.15) is 0 Å². The summed E-state index contributed by atoms with van der Waals surface area (Å²) >= 11 is 0. The van der Waals surface area contributed by atoms with Crippen LogP contribution in [0.15, 0.2) is 0 Å². The third-order valence-corrected chi connectivity index (χ3v) is 3.01. The molecule has 0 spiro atoms. The Hall–Kier alpha value is -0.890. The van der Waals surface area contributed by atoms with E-state index in [2.05, 4.69) is 16.7 Å². The molecule has 4 heteroatoms. The SMILES string of the molecule is CC#CC(=O)CCOCC(N)CN1CCCCC1. The third kappa shape index (κ3) is 6.75. The summed E-state index contributed by atoms with van der Waals surface area (Å²) in [4.78, 5) is 13.5. The molecular weight excluding hydrogens is 228 g/mol. The van der Waals surface area contributed by atoms with Crippen LogP contribution in [0.25, 0.3) is 0 Å². The van der Waals surface area contributed by atoms with Crippen molar-refractivity contribution >= 4 is 5.78 Å². The van der Waals surface area contributed by atoms with Crippen molar-refractivity contribution < 1.29 is 9.53 Å². The van der Waals surface area contributed by atoms with Gasteiger partial charge >= 0.3 is 0 Å². The minimum absolute atomic E-state index is 0.0375. The standard InChI is InChI=1S/C14H24N2O2/c1-2-6-14(17)7-10-18-12-13(15)11-16-8-4-3-5-9-16/h13H,3-5,7-12,15H2,1H3.